The molecule has 7 rings (SSSR count). The van der Waals surface area contributed by atoms with Gasteiger partial charge in [0.15, 0.2) is 5.58 Å². The fourth-order valence-corrected chi connectivity index (χ4v) is 7.29. The summed E-state index contributed by atoms with van der Waals surface area (Å²) >= 11 is 6.70. The average molecular weight is 665 g/mol. The fraction of sp³-hybridized carbons (Fsp3) is 0.333. The highest BCUT2D eigenvalue weighted by Crippen LogP contribution is 2.53. The zero-order chi connectivity index (χ0) is 34.2. The van der Waals surface area contributed by atoms with Crippen LogP contribution in [-0.4, -0.2) is 21.6 Å². The number of hydrogen-bond donors (Lipinski definition) is 4. The lowest BCUT2D eigenvalue weighted by molar-refractivity contribution is -0.157. The molecule has 0 saturated carbocycles. The summed E-state index contributed by atoms with van der Waals surface area (Å²) in [6, 6.07) is 22.8. The summed E-state index contributed by atoms with van der Waals surface area (Å²) < 4.78 is 13.3. The number of aliphatic hydroxyl groups excluding tert-OH is 1. The van der Waals surface area contributed by atoms with Gasteiger partial charge in [-0.2, -0.15) is 4.98 Å². The van der Waals surface area contributed by atoms with Gasteiger partial charge in [0.2, 0.25) is 5.60 Å². The molecule has 9 heteroatoms. The van der Waals surface area contributed by atoms with E-state index in [1.807, 2.05) is 30.3 Å². The van der Waals surface area contributed by atoms with E-state index in [9.17, 15) is 9.90 Å². The Balaban J connectivity index is 1.34. The van der Waals surface area contributed by atoms with Gasteiger partial charge in [-0.15, -0.1) is 0 Å². The molecule has 248 valence electrons. The second kappa shape index (κ2) is 11.3. The number of amides is 1. The third-order valence-corrected chi connectivity index (χ3v) is 9.88. The van der Waals surface area contributed by atoms with Crippen molar-refractivity contribution >= 4 is 51.7 Å². The highest BCUT2D eigenvalue weighted by atomic mass is 35.5. The Labute approximate surface area is 285 Å². The van der Waals surface area contributed by atoms with Crippen LogP contribution in [0.5, 0.6) is 5.75 Å². The number of fused-ring (bicyclic) bond motifs is 4. The average Bonchev–Trinajstić information content (AvgIpc) is 3.42. The van der Waals surface area contributed by atoms with Gasteiger partial charge in [-0.25, -0.2) is 0 Å². The molecule has 2 heterocycles. The Kier molecular flexibility index (Phi) is 7.53. The summed E-state index contributed by atoms with van der Waals surface area (Å²) in [7, 11) is 0. The summed E-state index contributed by atoms with van der Waals surface area (Å²) in [4.78, 5) is 19.3. The van der Waals surface area contributed by atoms with Gasteiger partial charge in [0.25, 0.3) is 11.9 Å². The van der Waals surface area contributed by atoms with E-state index in [-0.39, 0.29) is 16.8 Å². The zero-order valence-corrected chi connectivity index (χ0v) is 28.8. The van der Waals surface area contributed by atoms with Crippen molar-refractivity contribution in [1.29, 1.82) is 0 Å². The first-order chi connectivity index (χ1) is 22.6. The van der Waals surface area contributed by atoms with Crippen LogP contribution in [0.2, 0.25) is 5.02 Å². The Morgan fingerprint density at radius 3 is 2.38 bits per heavy atom. The minimum atomic E-state index is -1.67. The number of nitrogen functional groups attached to an aromatic ring is 1. The number of nitrogens with two attached hydrogens (primary N) is 1. The SMILES string of the molecule is CC(C)(C)c1cc(C(C)(C)C)c2oc(Nc3cc(Cl)cc4c3O[C@@]3(C(=O)Nc5ccccc5N)[C@H](Cc5ccccc5[C@H]3O)C4)nc2c1. The number of para-hydroxylation sites is 2. The Morgan fingerprint density at radius 1 is 0.938 bits per heavy atom. The molecule has 1 aromatic heterocycles. The monoisotopic (exact) mass is 664 g/mol. The number of ether oxygens (including phenoxy) is 1. The van der Waals surface area contributed by atoms with Crippen molar-refractivity contribution in [2.75, 3.05) is 16.4 Å². The van der Waals surface area contributed by atoms with Crippen LogP contribution in [0.1, 0.15) is 75.5 Å². The van der Waals surface area contributed by atoms with Crippen molar-refractivity contribution in [2.24, 2.45) is 5.92 Å². The summed E-state index contributed by atoms with van der Waals surface area (Å²) in [5.74, 6) is -0.482. The van der Waals surface area contributed by atoms with Gasteiger partial charge >= 0.3 is 0 Å². The van der Waals surface area contributed by atoms with Crippen LogP contribution in [0.3, 0.4) is 0 Å². The largest absolute Gasteiger partial charge is 0.471 e. The summed E-state index contributed by atoms with van der Waals surface area (Å²) in [5.41, 5.74) is 11.7. The van der Waals surface area contributed by atoms with Gasteiger partial charge in [0.1, 0.15) is 17.4 Å². The zero-order valence-electron chi connectivity index (χ0n) is 28.1. The molecular weight excluding hydrogens is 624 g/mol. The number of hydrogen-bond acceptors (Lipinski definition) is 7. The number of aliphatic hydroxyl groups is 1. The second-order valence-corrected chi connectivity index (χ2v) is 15.5. The van der Waals surface area contributed by atoms with Gasteiger partial charge in [0, 0.05) is 16.5 Å². The van der Waals surface area contributed by atoms with Crippen molar-refractivity contribution < 1.29 is 19.1 Å². The molecule has 4 aromatic carbocycles. The first-order valence-electron chi connectivity index (χ1n) is 16.3. The van der Waals surface area contributed by atoms with Crippen LogP contribution in [0.25, 0.3) is 11.1 Å². The van der Waals surface area contributed by atoms with E-state index < -0.39 is 23.5 Å². The van der Waals surface area contributed by atoms with E-state index in [4.69, 9.17) is 31.5 Å². The third-order valence-electron chi connectivity index (χ3n) is 9.67. The summed E-state index contributed by atoms with van der Waals surface area (Å²) in [6.45, 7) is 13.0. The maximum Gasteiger partial charge on any atom is 0.300 e. The van der Waals surface area contributed by atoms with Crippen molar-refractivity contribution in [1.82, 2.24) is 4.98 Å². The normalized spacial score (nSPS) is 20.3. The predicted octanol–water partition coefficient (Wildman–Crippen LogP) is 8.62. The van der Waals surface area contributed by atoms with Gasteiger partial charge in [-0.3, -0.25) is 4.79 Å². The van der Waals surface area contributed by atoms with Crippen LogP contribution in [0, 0.1) is 5.92 Å². The molecule has 3 atom stereocenters. The van der Waals surface area contributed by atoms with Crippen molar-refractivity contribution in [3.8, 4) is 5.75 Å². The lowest BCUT2D eigenvalue weighted by atomic mass is 9.66. The molecule has 0 radical (unpaired) electrons. The van der Waals surface area contributed by atoms with E-state index >= 15 is 0 Å². The standard InChI is InChI=1S/C39H41ClN4O4/c1-37(2,3)23-18-27(38(4,5)6)33-30(19-23)43-36(47-33)44-31-20-25(40)17-22-16-24-15-21-11-7-8-12-26(21)34(45)39(24,48-32(22)31)35(46)42-29-14-10-9-13-28(29)41/h7-14,17-20,24,34,45H,15-16,41H2,1-6H3,(H,42,46)(H,43,44)/t24-,34-,39+/m1/s1. The molecule has 5 aromatic rings. The molecule has 5 N–H and O–H groups in total. The van der Waals surface area contributed by atoms with Crippen LogP contribution < -0.4 is 21.1 Å². The number of anilines is 4. The number of rotatable bonds is 4. The van der Waals surface area contributed by atoms with E-state index in [0.29, 0.717) is 51.8 Å². The highest BCUT2D eigenvalue weighted by Gasteiger charge is 2.59. The van der Waals surface area contributed by atoms with E-state index in [0.717, 1.165) is 27.8 Å². The lowest BCUT2D eigenvalue weighted by Gasteiger charge is -2.49. The second-order valence-electron chi connectivity index (χ2n) is 15.1. The van der Waals surface area contributed by atoms with Crippen LogP contribution in [-0.2, 0) is 28.5 Å². The highest BCUT2D eigenvalue weighted by molar-refractivity contribution is 6.31. The molecule has 8 nitrogen and oxygen atoms in total. The maximum atomic E-state index is 14.5. The number of carbonyl (C=O) groups excluding carboxylic acids is 1. The molecule has 48 heavy (non-hydrogen) atoms. The number of nitrogens with zero attached hydrogens (tertiary/aromatic N) is 1. The number of aromatic nitrogens is 1. The fourth-order valence-electron chi connectivity index (χ4n) is 7.05. The topological polar surface area (TPSA) is 123 Å². The van der Waals surface area contributed by atoms with Crippen molar-refractivity contribution in [2.45, 2.75) is 76.9 Å². The molecule has 1 aliphatic heterocycles. The summed E-state index contributed by atoms with van der Waals surface area (Å²) in [5, 5.41) is 18.9. The van der Waals surface area contributed by atoms with Crippen LogP contribution in [0.15, 0.2) is 77.2 Å². The molecule has 2 aliphatic rings. The van der Waals surface area contributed by atoms with Crippen molar-refractivity contribution in [3.05, 3.63) is 106 Å². The van der Waals surface area contributed by atoms with Gasteiger partial charge in [-0.05, 0) is 76.3 Å². The molecule has 0 fully saturated rings. The minimum Gasteiger partial charge on any atom is -0.471 e. The molecule has 0 saturated heterocycles. The number of nitrogens with one attached hydrogen (secondary N) is 2. The Hall–Kier alpha value is -4.53. The van der Waals surface area contributed by atoms with E-state index in [1.165, 1.54) is 0 Å². The number of oxazole rings is 1. The van der Waals surface area contributed by atoms with Gasteiger partial charge < -0.3 is 30.6 Å². The third kappa shape index (κ3) is 5.37. The quantitative estimate of drug-likeness (QED) is 0.142. The first kappa shape index (κ1) is 32.0. The Morgan fingerprint density at radius 2 is 1.65 bits per heavy atom. The van der Waals surface area contributed by atoms with E-state index in [2.05, 4.69) is 64.3 Å². The van der Waals surface area contributed by atoms with E-state index in [1.54, 1.807) is 30.3 Å². The van der Waals surface area contributed by atoms with Gasteiger partial charge in [-0.1, -0.05) is 95.6 Å². The molecular formula is C39H41ClN4O4. The molecule has 0 bridgehead atoms. The summed E-state index contributed by atoms with van der Waals surface area (Å²) in [6.07, 6.45) is -0.301. The number of benzene rings is 4. The number of carbonyl (C=O) groups is 1. The smallest absolute Gasteiger partial charge is 0.300 e. The molecule has 1 aliphatic carbocycles. The minimum absolute atomic E-state index is 0.0874. The molecule has 0 spiro atoms. The predicted molar refractivity (Wildman–Crippen MR) is 191 cm³/mol. The maximum absolute atomic E-state index is 14.5. The Bertz CT molecular complexity index is 2080. The first-order valence-corrected chi connectivity index (χ1v) is 16.7. The number of halogens is 1. The van der Waals surface area contributed by atoms with Crippen molar-refractivity contribution in [3.63, 3.8) is 0 Å². The van der Waals surface area contributed by atoms with Crippen LogP contribution in [0.4, 0.5) is 23.1 Å². The van der Waals surface area contributed by atoms with Crippen LogP contribution >= 0.6 is 11.6 Å². The lowest BCUT2D eigenvalue weighted by Crippen LogP contribution is -2.62. The van der Waals surface area contributed by atoms with Gasteiger partial charge in [0.05, 0.1) is 17.1 Å². The molecule has 1 amide bonds. The molecule has 0 unspecified atom stereocenters.